The van der Waals surface area contributed by atoms with Crippen molar-refractivity contribution < 1.29 is 9.47 Å². The van der Waals surface area contributed by atoms with E-state index in [1.54, 1.807) is 19.2 Å². The Balaban J connectivity index is 2.12. The van der Waals surface area contributed by atoms with E-state index in [4.69, 9.17) is 14.7 Å². The second kappa shape index (κ2) is 5.92. The number of benzene rings is 2. The van der Waals surface area contributed by atoms with Crippen molar-refractivity contribution in [2.24, 2.45) is 0 Å². The van der Waals surface area contributed by atoms with E-state index in [2.05, 4.69) is 6.07 Å². The van der Waals surface area contributed by atoms with Gasteiger partial charge >= 0.3 is 0 Å². The molecular weight excluding hydrogens is 238 g/mol. The lowest BCUT2D eigenvalue weighted by Crippen LogP contribution is -1.98. The molecule has 0 atom stereocenters. The SMILES string of the molecule is COc1cccc(COc2cc(C#N)ccc2C)c1. The molecule has 0 aliphatic rings. The Morgan fingerprint density at radius 1 is 1.16 bits per heavy atom. The third kappa shape index (κ3) is 3.26. The Hall–Kier alpha value is -2.47. The average Bonchev–Trinajstić information content (AvgIpc) is 2.46. The van der Waals surface area contributed by atoms with E-state index >= 15 is 0 Å². The van der Waals surface area contributed by atoms with E-state index < -0.39 is 0 Å². The minimum absolute atomic E-state index is 0.451. The van der Waals surface area contributed by atoms with Gasteiger partial charge in [-0.2, -0.15) is 5.26 Å². The van der Waals surface area contributed by atoms with Gasteiger partial charge < -0.3 is 9.47 Å². The summed E-state index contributed by atoms with van der Waals surface area (Å²) in [7, 11) is 1.64. The number of nitrogens with zero attached hydrogens (tertiary/aromatic N) is 1. The van der Waals surface area contributed by atoms with Gasteiger partial charge in [0.2, 0.25) is 0 Å². The molecule has 2 aromatic carbocycles. The second-order valence-corrected chi connectivity index (χ2v) is 4.23. The van der Waals surface area contributed by atoms with Crippen LogP contribution in [0, 0.1) is 18.3 Å². The van der Waals surface area contributed by atoms with Gasteiger partial charge in [-0.1, -0.05) is 18.2 Å². The lowest BCUT2D eigenvalue weighted by molar-refractivity contribution is 0.303. The molecule has 0 saturated carbocycles. The van der Waals surface area contributed by atoms with Crippen LogP contribution < -0.4 is 9.47 Å². The summed E-state index contributed by atoms with van der Waals surface area (Å²) in [6, 6.07) is 15.3. The van der Waals surface area contributed by atoms with Gasteiger partial charge in [-0.05, 0) is 42.3 Å². The van der Waals surface area contributed by atoms with E-state index in [-0.39, 0.29) is 0 Å². The molecule has 0 aliphatic heterocycles. The molecule has 0 N–H and O–H groups in total. The molecule has 3 heteroatoms. The Bertz CT molecular complexity index is 614. The van der Waals surface area contributed by atoms with Crippen molar-refractivity contribution in [3.05, 3.63) is 59.2 Å². The summed E-state index contributed by atoms with van der Waals surface area (Å²) >= 11 is 0. The van der Waals surface area contributed by atoms with Crippen molar-refractivity contribution in [1.82, 2.24) is 0 Å². The Morgan fingerprint density at radius 3 is 2.74 bits per heavy atom. The summed E-state index contributed by atoms with van der Waals surface area (Å²) in [4.78, 5) is 0. The molecule has 0 spiro atoms. The van der Waals surface area contributed by atoms with Crippen molar-refractivity contribution in [1.29, 1.82) is 5.26 Å². The van der Waals surface area contributed by atoms with Crippen LogP contribution in [-0.4, -0.2) is 7.11 Å². The predicted octanol–water partition coefficient (Wildman–Crippen LogP) is 3.45. The molecule has 0 fully saturated rings. The predicted molar refractivity (Wildman–Crippen MR) is 73.2 cm³/mol. The van der Waals surface area contributed by atoms with Gasteiger partial charge in [0.05, 0.1) is 18.7 Å². The Morgan fingerprint density at radius 2 is 2.00 bits per heavy atom. The Kier molecular flexibility index (Phi) is 4.04. The van der Waals surface area contributed by atoms with Crippen LogP contribution in [0.25, 0.3) is 0 Å². The first-order valence-corrected chi connectivity index (χ1v) is 5.99. The molecule has 0 aromatic heterocycles. The Labute approximate surface area is 113 Å². The molecule has 0 aliphatic carbocycles. The number of aryl methyl sites for hydroxylation is 1. The maximum absolute atomic E-state index is 8.88. The van der Waals surface area contributed by atoms with Gasteiger partial charge in [0.15, 0.2) is 0 Å². The third-order valence-electron chi connectivity index (χ3n) is 2.85. The molecule has 0 bridgehead atoms. The zero-order valence-corrected chi connectivity index (χ0v) is 11.0. The average molecular weight is 253 g/mol. The van der Waals surface area contributed by atoms with Crippen molar-refractivity contribution in [2.75, 3.05) is 7.11 Å². The van der Waals surface area contributed by atoms with Crippen LogP contribution in [0.15, 0.2) is 42.5 Å². The minimum Gasteiger partial charge on any atom is -0.497 e. The molecule has 0 unspecified atom stereocenters. The summed E-state index contributed by atoms with van der Waals surface area (Å²) < 4.78 is 10.9. The van der Waals surface area contributed by atoms with Gasteiger partial charge in [0, 0.05) is 0 Å². The largest absolute Gasteiger partial charge is 0.497 e. The minimum atomic E-state index is 0.451. The molecule has 2 aromatic rings. The van der Waals surface area contributed by atoms with Crippen LogP contribution in [-0.2, 0) is 6.61 Å². The highest BCUT2D eigenvalue weighted by atomic mass is 16.5. The van der Waals surface area contributed by atoms with E-state index in [1.165, 1.54) is 0 Å². The highest BCUT2D eigenvalue weighted by Gasteiger charge is 2.03. The maximum atomic E-state index is 8.88. The van der Waals surface area contributed by atoms with Crippen LogP contribution in [0.2, 0.25) is 0 Å². The molecular formula is C16H15NO2. The summed E-state index contributed by atoms with van der Waals surface area (Å²) in [5.74, 6) is 1.55. The normalized spacial score (nSPS) is 9.74. The number of methoxy groups -OCH3 is 1. The molecule has 19 heavy (non-hydrogen) atoms. The highest BCUT2D eigenvalue weighted by molar-refractivity contribution is 5.42. The van der Waals surface area contributed by atoms with E-state index in [0.717, 1.165) is 22.6 Å². The summed E-state index contributed by atoms with van der Waals surface area (Å²) in [6.07, 6.45) is 0. The lowest BCUT2D eigenvalue weighted by Gasteiger charge is -2.10. The van der Waals surface area contributed by atoms with E-state index in [0.29, 0.717) is 12.2 Å². The fourth-order valence-corrected chi connectivity index (χ4v) is 1.75. The van der Waals surface area contributed by atoms with Crippen molar-refractivity contribution in [3.63, 3.8) is 0 Å². The van der Waals surface area contributed by atoms with Crippen LogP contribution in [0.1, 0.15) is 16.7 Å². The molecule has 0 saturated heterocycles. The zero-order chi connectivity index (χ0) is 13.7. The molecule has 0 amide bonds. The number of rotatable bonds is 4. The summed E-state index contributed by atoms with van der Waals surface area (Å²) in [5.41, 5.74) is 2.65. The first-order chi connectivity index (χ1) is 9.22. The van der Waals surface area contributed by atoms with Gasteiger partial charge in [-0.3, -0.25) is 0 Å². The molecule has 2 rings (SSSR count). The van der Waals surface area contributed by atoms with Gasteiger partial charge in [-0.25, -0.2) is 0 Å². The van der Waals surface area contributed by atoms with Crippen LogP contribution in [0.4, 0.5) is 0 Å². The van der Waals surface area contributed by atoms with Crippen molar-refractivity contribution in [3.8, 4) is 17.6 Å². The standard InChI is InChI=1S/C16H15NO2/c1-12-6-7-13(10-17)9-16(12)19-11-14-4-3-5-15(8-14)18-2/h3-9H,11H2,1-2H3. The monoisotopic (exact) mass is 253 g/mol. The van der Waals surface area contributed by atoms with Gasteiger partial charge in [0.25, 0.3) is 0 Å². The quantitative estimate of drug-likeness (QED) is 0.838. The second-order valence-electron chi connectivity index (χ2n) is 4.23. The third-order valence-corrected chi connectivity index (χ3v) is 2.85. The van der Waals surface area contributed by atoms with Crippen LogP contribution >= 0.6 is 0 Å². The number of nitriles is 1. The summed E-state index contributed by atoms with van der Waals surface area (Å²) in [6.45, 7) is 2.41. The molecule has 3 nitrogen and oxygen atoms in total. The first-order valence-electron chi connectivity index (χ1n) is 5.99. The highest BCUT2D eigenvalue weighted by Crippen LogP contribution is 2.21. The fraction of sp³-hybridized carbons (Fsp3) is 0.188. The lowest BCUT2D eigenvalue weighted by atomic mass is 10.1. The van der Waals surface area contributed by atoms with Gasteiger partial charge in [-0.15, -0.1) is 0 Å². The molecule has 0 radical (unpaired) electrons. The van der Waals surface area contributed by atoms with E-state index in [9.17, 15) is 0 Å². The molecule has 0 heterocycles. The number of hydrogen-bond acceptors (Lipinski definition) is 3. The number of hydrogen-bond donors (Lipinski definition) is 0. The maximum Gasteiger partial charge on any atom is 0.124 e. The topological polar surface area (TPSA) is 42.2 Å². The first kappa shape index (κ1) is 13.0. The van der Waals surface area contributed by atoms with Crippen molar-refractivity contribution in [2.45, 2.75) is 13.5 Å². The smallest absolute Gasteiger partial charge is 0.124 e. The van der Waals surface area contributed by atoms with E-state index in [1.807, 2.05) is 37.3 Å². The van der Waals surface area contributed by atoms with Crippen LogP contribution in [0.3, 0.4) is 0 Å². The van der Waals surface area contributed by atoms with Crippen LogP contribution in [0.5, 0.6) is 11.5 Å². The van der Waals surface area contributed by atoms with Crippen molar-refractivity contribution >= 4 is 0 Å². The van der Waals surface area contributed by atoms with Gasteiger partial charge in [0.1, 0.15) is 18.1 Å². The zero-order valence-electron chi connectivity index (χ0n) is 11.0. The number of ether oxygens (including phenoxy) is 2. The summed E-state index contributed by atoms with van der Waals surface area (Å²) in [5, 5.41) is 8.88. The fourth-order valence-electron chi connectivity index (χ4n) is 1.75. The molecule has 96 valence electrons.